The summed E-state index contributed by atoms with van der Waals surface area (Å²) in [5.41, 5.74) is 4.26. The van der Waals surface area contributed by atoms with Crippen molar-refractivity contribution in [1.82, 2.24) is 15.0 Å². The van der Waals surface area contributed by atoms with Crippen LogP contribution in [-0.2, 0) is 17.6 Å². The Morgan fingerprint density at radius 3 is 3.03 bits per heavy atom. The molecule has 0 saturated heterocycles. The van der Waals surface area contributed by atoms with Crippen LogP contribution in [0.15, 0.2) is 40.5 Å². The monoisotopic (exact) mass is 410 g/mol. The zero-order valence-electron chi connectivity index (χ0n) is 16.3. The fourth-order valence-corrected chi connectivity index (χ4v) is 4.77. The molecule has 1 aliphatic rings. The molecule has 2 heterocycles. The molecule has 3 aromatic rings. The number of carbonyl (C=O) groups excluding carboxylic acids is 1. The predicted octanol–water partition coefficient (Wildman–Crippen LogP) is 3.06. The van der Waals surface area contributed by atoms with Crippen molar-refractivity contribution in [2.45, 2.75) is 38.6 Å². The number of aryl methyl sites for hydroxylation is 2. The van der Waals surface area contributed by atoms with E-state index in [0.29, 0.717) is 11.1 Å². The summed E-state index contributed by atoms with van der Waals surface area (Å²) in [6.07, 6.45) is 7.14. The number of methoxy groups -OCH3 is 1. The zero-order valence-corrected chi connectivity index (χ0v) is 17.2. The summed E-state index contributed by atoms with van der Waals surface area (Å²) in [7, 11) is 1.59. The molecule has 0 radical (unpaired) electrons. The quantitative estimate of drug-likeness (QED) is 0.517. The zero-order chi connectivity index (χ0) is 20.4. The van der Waals surface area contributed by atoms with E-state index in [4.69, 9.17) is 4.74 Å². The number of hydrazone groups is 1. The molecule has 1 aromatic carbocycles. The van der Waals surface area contributed by atoms with Crippen molar-refractivity contribution >= 4 is 33.7 Å². The Bertz CT molecular complexity index is 1150. The van der Waals surface area contributed by atoms with Gasteiger partial charge in [-0.05, 0) is 55.9 Å². The number of amides is 1. The molecule has 8 heteroatoms. The average molecular weight is 410 g/mol. The van der Waals surface area contributed by atoms with Crippen LogP contribution in [0.5, 0.6) is 5.75 Å². The van der Waals surface area contributed by atoms with E-state index >= 15 is 0 Å². The minimum Gasteiger partial charge on any atom is -0.497 e. The topological polar surface area (TPSA) is 85.6 Å². The molecule has 1 aliphatic carbocycles. The number of fused-ring (bicyclic) bond motifs is 3. The van der Waals surface area contributed by atoms with Gasteiger partial charge in [-0.25, -0.2) is 10.4 Å². The number of rotatable bonds is 5. The second-order valence-corrected chi connectivity index (χ2v) is 8.12. The van der Waals surface area contributed by atoms with E-state index < -0.39 is 6.04 Å². The maximum atomic E-state index is 13.1. The SMILES string of the molecule is COc1cccc(C=NNC(=O)[C@@H](C)n2cnc3sc4c(c3c2=O)CCCC4)c1. The standard InChI is InChI=1S/C21H22N4O3S/c1-13(19(26)24-23-11-14-6-5-7-15(10-14)28-2)25-12-22-20-18(21(25)27)16-8-3-4-9-17(16)29-20/h5-7,10-13H,3-4,8-9H2,1-2H3,(H,24,26)/t13-/m1/s1. The number of carbonyl (C=O) groups is 1. The van der Waals surface area contributed by atoms with E-state index in [1.54, 1.807) is 31.4 Å². The molecule has 7 nitrogen and oxygen atoms in total. The maximum Gasteiger partial charge on any atom is 0.263 e. The van der Waals surface area contributed by atoms with E-state index in [1.807, 2.05) is 18.2 Å². The van der Waals surface area contributed by atoms with Gasteiger partial charge in [0.2, 0.25) is 0 Å². The lowest BCUT2D eigenvalue weighted by atomic mass is 9.97. The molecular formula is C21H22N4O3S. The maximum absolute atomic E-state index is 13.1. The van der Waals surface area contributed by atoms with Crippen LogP contribution >= 0.6 is 11.3 Å². The van der Waals surface area contributed by atoms with E-state index in [1.165, 1.54) is 22.0 Å². The molecule has 150 valence electrons. The summed E-state index contributed by atoms with van der Waals surface area (Å²) in [4.78, 5) is 32.1. The number of thiophene rings is 1. The first kappa shape index (κ1) is 19.3. The van der Waals surface area contributed by atoms with Gasteiger partial charge in [-0.1, -0.05) is 12.1 Å². The van der Waals surface area contributed by atoms with Crippen molar-refractivity contribution in [3.8, 4) is 5.75 Å². The fraction of sp³-hybridized carbons (Fsp3) is 0.333. The van der Waals surface area contributed by atoms with Crippen molar-refractivity contribution in [3.63, 3.8) is 0 Å². The summed E-state index contributed by atoms with van der Waals surface area (Å²) in [5, 5.41) is 4.67. The third-order valence-corrected chi connectivity index (χ3v) is 6.38. The van der Waals surface area contributed by atoms with E-state index in [2.05, 4.69) is 15.5 Å². The normalized spacial score (nSPS) is 14.7. The highest BCUT2D eigenvalue weighted by Crippen LogP contribution is 2.33. The predicted molar refractivity (Wildman–Crippen MR) is 114 cm³/mol. The van der Waals surface area contributed by atoms with E-state index in [9.17, 15) is 9.59 Å². The highest BCUT2D eigenvalue weighted by molar-refractivity contribution is 7.18. The van der Waals surface area contributed by atoms with Crippen LogP contribution in [0, 0.1) is 0 Å². The first-order valence-corrected chi connectivity index (χ1v) is 10.4. The molecule has 0 fully saturated rings. The van der Waals surface area contributed by atoms with Crippen LogP contribution in [0.1, 0.15) is 41.8 Å². The smallest absolute Gasteiger partial charge is 0.263 e. The molecule has 0 spiro atoms. The molecule has 0 unspecified atom stereocenters. The first-order valence-electron chi connectivity index (χ1n) is 9.57. The van der Waals surface area contributed by atoms with Gasteiger partial charge in [0.25, 0.3) is 11.5 Å². The highest BCUT2D eigenvalue weighted by atomic mass is 32.1. The number of nitrogens with one attached hydrogen (secondary N) is 1. The van der Waals surface area contributed by atoms with Gasteiger partial charge in [-0.3, -0.25) is 14.2 Å². The summed E-state index contributed by atoms with van der Waals surface area (Å²) < 4.78 is 6.56. The van der Waals surface area contributed by atoms with Crippen LogP contribution in [0.4, 0.5) is 0 Å². The lowest BCUT2D eigenvalue weighted by molar-refractivity contribution is -0.123. The second kappa shape index (κ2) is 8.16. The van der Waals surface area contributed by atoms with Crippen molar-refractivity contribution in [2.75, 3.05) is 7.11 Å². The van der Waals surface area contributed by atoms with Gasteiger partial charge in [0, 0.05) is 4.88 Å². The largest absolute Gasteiger partial charge is 0.497 e. The lowest BCUT2D eigenvalue weighted by Crippen LogP contribution is -2.34. The number of benzene rings is 1. The van der Waals surface area contributed by atoms with Crippen molar-refractivity contribution < 1.29 is 9.53 Å². The van der Waals surface area contributed by atoms with Gasteiger partial charge in [0.15, 0.2) is 0 Å². The van der Waals surface area contributed by atoms with Crippen LogP contribution < -0.4 is 15.7 Å². The Balaban J connectivity index is 1.54. The van der Waals surface area contributed by atoms with Gasteiger partial charge >= 0.3 is 0 Å². The molecule has 1 N–H and O–H groups in total. The number of hydrogen-bond acceptors (Lipinski definition) is 6. The van der Waals surface area contributed by atoms with Crippen molar-refractivity contribution in [3.05, 3.63) is 57.0 Å². The van der Waals surface area contributed by atoms with Crippen LogP contribution in [-0.4, -0.2) is 28.8 Å². The van der Waals surface area contributed by atoms with Gasteiger partial charge in [0.1, 0.15) is 16.6 Å². The molecular weight excluding hydrogens is 388 g/mol. The van der Waals surface area contributed by atoms with Gasteiger partial charge < -0.3 is 4.74 Å². The number of hydrogen-bond donors (Lipinski definition) is 1. The summed E-state index contributed by atoms with van der Waals surface area (Å²) >= 11 is 1.60. The van der Waals surface area contributed by atoms with Crippen molar-refractivity contribution in [1.29, 1.82) is 0 Å². The molecule has 1 atom stereocenters. The minimum absolute atomic E-state index is 0.158. The van der Waals surface area contributed by atoms with Gasteiger partial charge in [0.05, 0.1) is 25.0 Å². The number of nitrogens with zero attached hydrogens (tertiary/aromatic N) is 3. The fourth-order valence-electron chi connectivity index (χ4n) is 3.55. The Hall–Kier alpha value is -3.00. The third kappa shape index (κ3) is 3.80. The Morgan fingerprint density at radius 2 is 2.21 bits per heavy atom. The summed E-state index contributed by atoms with van der Waals surface area (Å²) in [5.74, 6) is 0.329. The van der Waals surface area contributed by atoms with Crippen LogP contribution in [0.3, 0.4) is 0 Å². The Kier molecular flexibility index (Phi) is 5.44. The van der Waals surface area contributed by atoms with Crippen molar-refractivity contribution in [2.24, 2.45) is 5.10 Å². The molecule has 4 rings (SSSR count). The van der Waals surface area contributed by atoms with Crippen LogP contribution in [0.2, 0.25) is 0 Å². The molecule has 1 amide bonds. The number of aromatic nitrogens is 2. The molecule has 2 aromatic heterocycles. The molecule has 29 heavy (non-hydrogen) atoms. The average Bonchev–Trinajstić information content (AvgIpc) is 3.13. The third-order valence-electron chi connectivity index (χ3n) is 5.18. The summed E-state index contributed by atoms with van der Waals surface area (Å²) in [6.45, 7) is 1.67. The highest BCUT2D eigenvalue weighted by Gasteiger charge is 2.23. The molecule has 0 saturated carbocycles. The molecule has 0 aliphatic heterocycles. The Labute approximate surface area is 172 Å². The minimum atomic E-state index is -0.721. The van der Waals surface area contributed by atoms with E-state index in [-0.39, 0.29) is 11.5 Å². The Morgan fingerprint density at radius 1 is 1.38 bits per heavy atom. The van der Waals surface area contributed by atoms with Gasteiger partial charge in [-0.15, -0.1) is 11.3 Å². The first-order chi connectivity index (χ1) is 14.1. The van der Waals surface area contributed by atoms with E-state index in [0.717, 1.165) is 41.6 Å². The number of ether oxygens (including phenoxy) is 1. The van der Waals surface area contributed by atoms with Crippen LogP contribution in [0.25, 0.3) is 10.2 Å². The second-order valence-electron chi connectivity index (χ2n) is 7.03. The summed E-state index contributed by atoms with van der Waals surface area (Å²) in [6, 6.07) is 6.61. The molecule has 0 bridgehead atoms. The lowest BCUT2D eigenvalue weighted by Gasteiger charge is -2.14. The van der Waals surface area contributed by atoms with Gasteiger partial charge in [-0.2, -0.15) is 5.10 Å².